The first-order valence-corrected chi connectivity index (χ1v) is 15.6. The van der Waals surface area contributed by atoms with Crippen molar-refractivity contribution in [2.75, 3.05) is 0 Å². The monoisotopic (exact) mass is 748 g/mol. The van der Waals surface area contributed by atoms with Crippen LogP contribution in [-0.2, 0) is 19.5 Å². The molecule has 0 atom stereocenters. The Bertz CT molecular complexity index is 2720. The van der Waals surface area contributed by atoms with E-state index in [0.717, 1.165) is 88.0 Å². The second-order valence-corrected chi connectivity index (χ2v) is 11.0. The summed E-state index contributed by atoms with van der Waals surface area (Å²) in [5.74, 6) is 0. The number of para-hydroxylation sites is 2. The molecule has 11 rings (SSSR count). The van der Waals surface area contributed by atoms with E-state index in [-0.39, 0.29) is 19.5 Å². The van der Waals surface area contributed by atoms with Crippen molar-refractivity contribution in [2.45, 2.75) is 0 Å². The Kier molecular flexibility index (Phi) is 8.45. The first kappa shape index (κ1) is 31.5. The van der Waals surface area contributed by atoms with Crippen LogP contribution in [0.1, 0.15) is 0 Å². The summed E-state index contributed by atoms with van der Waals surface area (Å²) in [6.07, 6.45) is 16.9. The van der Waals surface area contributed by atoms with Crippen molar-refractivity contribution >= 4 is 88.0 Å². The van der Waals surface area contributed by atoms with Gasteiger partial charge >= 0.3 is 19.5 Å². The summed E-state index contributed by atoms with van der Waals surface area (Å²) in [5.41, 5.74) is 11.9. The molecule has 0 bridgehead atoms. The Morgan fingerprint density at radius 3 is 0.902 bits per heavy atom. The van der Waals surface area contributed by atoms with Crippen LogP contribution < -0.4 is 0 Å². The summed E-state index contributed by atoms with van der Waals surface area (Å²) in [6.45, 7) is 0. The van der Waals surface area contributed by atoms with Crippen LogP contribution in [0, 0.1) is 0 Å². The molecule has 4 aromatic carbocycles. The number of fused-ring (bicyclic) bond motifs is 13. The van der Waals surface area contributed by atoms with Crippen molar-refractivity contribution in [2.24, 2.45) is 0 Å². The van der Waals surface area contributed by atoms with Crippen LogP contribution in [0.15, 0.2) is 135 Å². The zero-order chi connectivity index (χ0) is 33.3. The van der Waals surface area contributed by atoms with Crippen molar-refractivity contribution in [3.05, 3.63) is 135 Å². The Labute approximate surface area is 301 Å². The molecule has 0 spiro atoms. The van der Waals surface area contributed by atoms with E-state index in [4.69, 9.17) is 9.97 Å². The second kappa shape index (κ2) is 13.7. The van der Waals surface area contributed by atoms with E-state index in [2.05, 4.69) is 49.8 Å². The number of nitrogens with zero attached hydrogens (tertiary/aromatic N) is 12. The Hall–Kier alpha value is -6.72. The normalized spacial score (nSPS) is 11.0. The van der Waals surface area contributed by atoms with E-state index in [1.165, 1.54) is 0 Å². The number of rotatable bonds is 0. The molecule has 0 aliphatic heterocycles. The molecule has 0 aliphatic carbocycles. The number of benzene rings is 4. The molecular formula is C38H22N12Ru+2. The number of pyridine rings is 2. The predicted octanol–water partition coefficient (Wildman–Crippen LogP) is 7.02. The van der Waals surface area contributed by atoms with Crippen LogP contribution in [0.2, 0.25) is 0 Å². The fourth-order valence-corrected chi connectivity index (χ4v) is 5.87. The maximum absolute atomic E-state index is 4.83. The first-order chi connectivity index (χ1) is 24.8. The Morgan fingerprint density at radius 1 is 0.235 bits per heavy atom. The molecular weight excluding hydrogens is 726 g/mol. The van der Waals surface area contributed by atoms with E-state index in [1.54, 1.807) is 62.0 Å². The smallest absolute Gasteiger partial charge is 0.254 e. The molecule has 0 unspecified atom stereocenters. The summed E-state index contributed by atoms with van der Waals surface area (Å²) < 4.78 is 0. The van der Waals surface area contributed by atoms with Gasteiger partial charge in [0.05, 0.1) is 55.2 Å². The predicted molar refractivity (Wildman–Crippen MR) is 193 cm³/mol. The van der Waals surface area contributed by atoms with Gasteiger partial charge in [-0.2, -0.15) is 0 Å². The Morgan fingerprint density at radius 2 is 0.549 bits per heavy atom. The fraction of sp³-hybridized carbons (Fsp3) is 0. The quantitative estimate of drug-likeness (QED) is 0.0889. The molecule has 240 valence electrons. The fourth-order valence-electron chi connectivity index (χ4n) is 5.87. The molecule has 51 heavy (non-hydrogen) atoms. The van der Waals surface area contributed by atoms with Crippen LogP contribution in [0.3, 0.4) is 0 Å². The molecule has 0 N–H and O–H groups in total. The van der Waals surface area contributed by atoms with Crippen molar-refractivity contribution in [3.63, 3.8) is 0 Å². The Balaban J connectivity index is 0.000000114. The van der Waals surface area contributed by atoms with Gasteiger partial charge in [0.15, 0.2) is 0 Å². The largest absolute Gasteiger partial charge is 2.00 e. The minimum absolute atomic E-state index is 0. The standard InChI is InChI=1S/C18H10N4.2C10H6N4.Ru/c1-2-8-14-13(7-1)21-17-11-5-3-9-19-15(11)16-12(18(17)22-14)6-4-10-20-16;2*1-2-8-10(14-6-4-12-8)9-7(1)11-3-5-13-9;/h1-10H;2*1-6H;/q;;;+2. The third-order valence-corrected chi connectivity index (χ3v) is 8.07. The van der Waals surface area contributed by atoms with E-state index < -0.39 is 0 Å². The van der Waals surface area contributed by atoms with Crippen LogP contribution >= 0.6 is 0 Å². The summed E-state index contributed by atoms with van der Waals surface area (Å²) in [4.78, 5) is 52.5. The van der Waals surface area contributed by atoms with Crippen molar-refractivity contribution in [1.29, 1.82) is 0 Å². The molecule has 7 heterocycles. The number of hydrogen-bond acceptors (Lipinski definition) is 12. The number of aromatic nitrogens is 12. The molecule has 0 aliphatic rings. The van der Waals surface area contributed by atoms with Gasteiger partial charge in [-0.25, -0.2) is 9.97 Å². The molecule has 13 heteroatoms. The van der Waals surface area contributed by atoms with Crippen molar-refractivity contribution in [3.8, 4) is 0 Å². The molecule has 0 saturated carbocycles. The molecule has 12 nitrogen and oxygen atoms in total. The molecule has 0 saturated heterocycles. The minimum Gasteiger partial charge on any atom is -0.254 e. The summed E-state index contributed by atoms with van der Waals surface area (Å²) in [6, 6.07) is 23.4. The van der Waals surface area contributed by atoms with Gasteiger partial charge in [-0.1, -0.05) is 12.1 Å². The average Bonchev–Trinajstić information content (AvgIpc) is 3.21. The van der Waals surface area contributed by atoms with E-state index in [0.29, 0.717) is 0 Å². The van der Waals surface area contributed by atoms with Gasteiger partial charge in [0.2, 0.25) is 0 Å². The van der Waals surface area contributed by atoms with Gasteiger partial charge in [-0.15, -0.1) is 0 Å². The molecule has 0 radical (unpaired) electrons. The zero-order valence-corrected chi connectivity index (χ0v) is 28.2. The summed E-state index contributed by atoms with van der Waals surface area (Å²) in [7, 11) is 0. The third kappa shape index (κ3) is 5.85. The van der Waals surface area contributed by atoms with Crippen LogP contribution in [0.5, 0.6) is 0 Å². The van der Waals surface area contributed by atoms with E-state index in [1.807, 2.05) is 72.8 Å². The van der Waals surface area contributed by atoms with Crippen LogP contribution in [0.25, 0.3) is 88.0 Å². The molecule has 11 aromatic rings. The zero-order valence-electron chi connectivity index (χ0n) is 26.4. The van der Waals surface area contributed by atoms with Gasteiger partial charge in [0.1, 0.15) is 22.1 Å². The summed E-state index contributed by atoms with van der Waals surface area (Å²) >= 11 is 0. The second-order valence-electron chi connectivity index (χ2n) is 11.0. The van der Waals surface area contributed by atoms with E-state index in [9.17, 15) is 0 Å². The van der Waals surface area contributed by atoms with Crippen molar-refractivity contribution < 1.29 is 19.5 Å². The topological polar surface area (TPSA) is 155 Å². The van der Waals surface area contributed by atoms with Gasteiger partial charge in [0, 0.05) is 72.7 Å². The molecule has 0 amide bonds. The van der Waals surface area contributed by atoms with Crippen LogP contribution in [-0.4, -0.2) is 59.8 Å². The maximum atomic E-state index is 4.83. The third-order valence-electron chi connectivity index (χ3n) is 8.07. The SMILES string of the molecule is [Ru+2].c1ccc2nc3c4cccnc4c4ncccc4c3nc2c1.c1cnc2c(ccc3nccnc32)n1.c1cnc2c(ccc3nccnc32)n1. The van der Waals surface area contributed by atoms with E-state index >= 15 is 0 Å². The molecule has 0 fully saturated rings. The van der Waals surface area contributed by atoms with Gasteiger partial charge in [0.25, 0.3) is 0 Å². The average molecular weight is 748 g/mol. The number of hydrogen-bond donors (Lipinski definition) is 0. The van der Waals surface area contributed by atoms with Gasteiger partial charge in [-0.05, 0) is 60.7 Å². The maximum Gasteiger partial charge on any atom is 2.00 e. The van der Waals surface area contributed by atoms with Crippen LogP contribution in [0.4, 0.5) is 0 Å². The van der Waals surface area contributed by atoms with Gasteiger partial charge < -0.3 is 0 Å². The van der Waals surface area contributed by atoms with Crippen molar-refractivity contribution in [1.82, 2.24) is 59.8 Å². The van der Waals surface area contributed by atoms with Gasteiger partial charge in [-0.3, -0.25) is 49.8 Å². The summed E-state index contributed by atoms with van der Waals surface area (Å²) in [5, 5.41) is 1.98. The first-order valence-electron chi connectivity index (χ1n) is 15.6. The molecule has 7 aromatic heterocycles. The minimum atomic E-state index is 0.